The van der Waals surface area contributed by atoms with Crippen molar-refractivity contribution in [3.63, 3.8) is 0 Å². The lowest BCUT2D eigenvalue weighted by Gasteiger charge is -2.24. The molecule has 1 rings (SSSR count). The summed E-state index contributed by atoms with van der Waals surface area (Å²) >= 11 is 0. The third-order valence-corrected chi connectivity index (χ3v) is 5.21. The zero-order chi connectivity index (χ0) is 15.9. The van der Waals surface area contributed by atoms with Gasteiger partial charge in [-0.3, -0.25) is 0 Å². The summed E-state index contributed by atoms with van der Waals surface area (Å²) in [6.07, 6.45) is 2.60. The van der Waals surface area contributed by atoms with Crippen LogP contribution in [0.4, 0.5) is 0 Å². The highest BCUT2D eigenvalue weighted by Crippen LogP contribution is 2.19. The van der Waals surface area contributed by atoms with Crippen LogP contribution in [0.1, 0.15) is 32.9 Å². The zero-order valence-corrected chi connectivity index (χ0v) is 14.2. The first-order chi connectivity index (χ1) is 9.93. The van der Waals surface area contributed by atoms with E-state index in [2.05, 4.69) is 17.2 Å². The smallest absolute Gasteiger partial charge is 0.244 e. The number of rotatable bonds is 10. The molecule has 0 atom stereocenters. The van der Waals surface area contributed by atoms with Gasteiger partial charge in [0.1, 0.15) is 0 Å². The lowest BCUT2D eigenvalue weighted by atomic mass is 10.4. The molecule has 21 heavy (non-hydrogen) atoms. The topological polar surface area (TPSA) is 74.4 Å². The number of aromatic amines is 1. The first-order valence-electron chi connectivity index (χ1n) is 7.32. The van der Waals surface area contributed by atoms with Crippen LogP contribution in [0.15, 0.2) is 17.2 Å². The Balaban J connectivity index is 2.84. The van der Waals surface area contributed by atoms with Crippen molar-refractivity contribution in [3.8, 4) is 0 Å². The second kappa shape index (κ2) is 8.53. The van der Waals surface area contributed by atoms with Crippen LogP contribution in [0, 0.1) is 0 Å². The Morgan fingerprint density at radius 3 is 2.71 bits per heavy atom. The maximum absolute atomic E-state index is 12.7. The molecule has 122 valence electrons. The van der Waals surface area contributed by atoms with Crippen molar-refractivity contribution >= 4 is 10.0 Å². The van der Waals surface area contributed by atoms with Gasteiger partial charge in [0, 0.05) is 38.1 Å². The van der Waals surface area contributed by atoms with E-state index in [1.807, 2.05) is 13.8 Å². The Kier molecular flexibility index (Phi) is 7.37. The van der Waals surface area contributed by atoms with E-state index >= 15 is 0 Å². The number of methoxy groups -OCH3 is 1. The summed E-state index contributed by atoms with van der Waals surface area (Å²) in [5, 5.41) is 3.24. The predicted molar refractivity (Wildman–Crippen MR) is 83.7 cm³/mol. The van der Waals surface area contributed by atoms with Gasteiger partial charge in [-0.15, -0.1) is 0 Å². The monoisotopic (exact) mass is 317 g/mol. The molecule has 0 aromatic carbocycles. The van der Waals surface area contributed by atoms with Crippen LogP contribution >= 0.6 is 0 Å². The quantitative estimate of drug-likeness (QED) is 0.642. The molecule has 0 fully saturated rings. The van der Waals surface area contributed by atoms with Crippen LogP contribution in [-0.2, 0) is 21.3 Å². The Morgan fingerprint density at radius 1 is 1.43 bits per heavy atom. The third-order valence-electron chi connectivity index (χ3n) is 3.16. The fourth-order valence-electron chi connectivity index (χ4n) is 2.04. The van der Waals surface area contributed by atoms with Crippen molar-refractivity contribution in [2.45, 2.75) is 44.7 Å². The number of nitrogens with one attached hydrogen (secondary N) is 2. The molecular formula is C14H27N3O3S. The highest BCUT2D eigenvalue weighted by atomic mass is 32.2. The fourth-order valence-corrected chi connectivity index (χ4v) is 3.68. The molecule has 0 aliphatic carbocycles. The average molecular weight is 317 g/mol. The van der Waals surface area contributed by atoms with Gasteiger partial charge in [-0.2, -0.15) is 4.31 Å². The van der Waals surface area contributed by atoms with Crippen LogP contribution in [0.2, 0.25) is 0 Å². The molecule has 1 heterocycles. The standard InChI is InChI=1S/C14H27N3O3S/c1-5-6-15-10-13-9-14(11-16-13)21(18,19)17(12(2)3)7-8-20-4/h9,11-12,15-16H,5-8,10H2,1-4H3. The minimum atomic E-state index is -3.49. The second-order valence-electron chi connectivity index (χ2n) is 5.24. The maximum atomic E-state index is 12.7. The molecule has 0 unspecified atom stereocenters. The average Bonchev–Trinajstić information content (AvgIpc) is 2.88. The molecule has 0 amide bonds. The Morgan fingerprint density at radius 2 is 2.14 bits per heavy atom. The molecular weight excluding hydrogens is 290 g/mol. The van der Waals surface area contributed by atoms with Gasteiger partial charge in [0.05, 0.1) is 11.5 Å². The number of ether oxygens (including phenoxy) is 1. The lowest BCUT2D eigenvalue weighted by molar-refractivity contribution is 0.171. The van der Waals surface area contributed by atoms with E-state index in [1.54, 1.807) is 19.4 Å². The van der Waals surface area contributed by atoms with E-state index in [9.17, 15) is 8.42 Å². The normalized spacial score (nSPS) is 12.5. The first-order valence-corrected chi connectivity index (χ1v) is 8.76. The van der Waals surface area contributed by atoms with Crippen LogP contribution in [-0.4, -0.2) is 50.6 Å². The zero-order valence-electron chi connectivity index (χ0n) is 13.3. The van der Waals surface area contributed by atoms with E-state index in [0.717, 1.165) is 18.7 Å². The van der Waals surface area contributed by atoms with E-state index < -0.39 is 10.0 Å². The SMILES string of the molecule is CCCNCc1cc(S(=O)(=O)N(CCOC)C(C)C)c[nH]1. The van der Waals surface area contributed by atoms with E-state index in [-0.39, 0.29) is 6.04 Å². The number of hydrogen-bond acceptors (Lipinski definition) is 4. The molecule has 0 saturated carbocycles. The summed E-state index contributed by atoms with van der Waals surface area (Å²) in [4.78, 5) is 3.33. The summed E-state index contributed by atoms with van der Waals surface area (Å²) in [5.41, 5.74) is 0.873. The maximum Gasteiger partial charge on any atom is 0.244 e. The molecule has 0 bridgehead atoms. The Bertz CT molecular complexity index is 511. The van der Waals surface area contributed by atoms with Gasteiger partial charge in [0.2, 0.25) is 10.0 Å². The molecule has 2 N–H and O–H groups in total. The highest BCUT2D eigenvalue weighted by Gasteiger charge is 2.27. The summed E-state index contributed by atoms with van der Waals surface area (Å²) in [6.45, 7) is 8.11. The number of aromatic nitrogens is 1. The summed E-state index contributed by atoms with van der Waals surface area (Å²) in [7, 11) is -1.92. The van der Waals surface area contributed by atoms with Gasteiger partial charge in [0.15, 0.2) is 0 Å². The molecule has 0 radical (unpaired) electrons. The van der Waals surface area contributed by atoms with Gasteiger partial charge in [0.25, 0.3) is 0 Å². The van der Waals surface area contributed by atoms with Gasteiger partial charge in [-0.05, 0) is 32.9 Å². The minimum absolute atomic E-state index is 0.110. The third kappa shape index (κ3) is 5.10. The number of H-pyrrole nitrogens is 1. The van der Waals surface area contributed by atoms with Crippen LogP contribution in [0.25, 0.3) is 0 Å². The Labute approximate surface area is 127 Å². The fraction of sp³-hybridized carbons (Fsp3) is 0.714. The molecule has 0 spiro atoms. The van der Waals surface area contributed by atoms with Crippen molar-refractivity contribution in [2.75, 3.05) is 26.8 Å². The van der Waals surface area contributed by atoms with Crippen LogP contribution < -0.4 is 5.32 Å². The summed E-state index contributed by atoms with van der Waals surface area (Å²) < 4.78 is 31.8. The molecule has 0 saturated heterocycles. The largest absolute Gasteiger partial charge is 0.383 e. The molecule has 7 heteroatoms. The van der Waals surface area contributed by atoms with E-state index in [0.29, 0.717) is 24.6 Å². The van der Waals surface area contributed by atoms with Crippen molar-refractivity contribution in [1.82, 2.24) is 14.6 Å². The van der Waals surface area contributed by atoms with Crippen molar-refractivity contribution in [3.05, 3.63) is 18.0 Å². The molecule has 6 nitrogen and oxygen atoms in total. The number of hydrogen-bond donors (Lipinski definition) is 2. The lowest BCUT2D eigenvalue weighted by Crippen LogP contribution is -2.39. The molecule has 0 aliphatic rings. The minimum Gasteiger partial charge on any atom is -0.383 e. The van der Waals surface area contributed by atoms with Crippen molar-refractivity contribution < 1.29 is 13.2 Å². The van der Waals surface area contributed by atoms with Gasteiger partial charge in [-0.1, -0.05) is 6.92 Å². The predicted octanol–water partition coefficient (Wildman–Crippen LogP) is 1.56. The molecule has 1 aromatic heterocycles. The van der Waals surface area contributed by atoms with Crippen molar-refractivity contribution in [2.24, 2.45) is 0 Å². The number of nitrogens with zero attached hydrogens (tertiary/aromatic N) is 1. The van der Waals surface area contributed by atoms with Gasteiger partial charge >= 0.3 is 0 Å². The van der Waals surface area contributed by atoms with Crippen LogP contribution in [0.5, 0.6) is 0 Å². The summed E-state index contributed by atoms with van der Waals surface area (Å²) in [6, 6.07) is 1.59. The van der Waals surface area contributed by atoms with E-state index in [1.165, 1.54) is 4.31 Å². The first kappa shape index (κ1) is 18.2. The Hall–Kier alpha value is -0.890. The van der Waals surface area contributed by atoms with Crippen LogP contribution in [0.3, 0.4) is 0 Å². The summed E-state index contributed by atoms with van der Waals surface area (Å²) in [5.74, 6) is 0. The van der Waals surface area contributed by atoms with E-state index in [4.69, 9.17) is 4.74 Å². The van der Waals surface area contributed by atoms with Gasteiger partial charge < -0.3 is 15.0 Å². The number of sulfonamides is 1. The van der Waals surface area contributed by atoms with Crippen molar-refractivity contribution in [1.29, 1.82) is 0 Å². The second-order valence-corrected chi connectivity index (χ2v) is 7.13. The highest BCUT2D eigenvalue weighted by molar-refractivity contribution is 7.89. The van der Waals surface area contributed by atoms with Gasteiger partial charge in [-0.25, -0.2) is 8.42 Å². The molecule has 1 aromatic rings. The molecule has 0 aliphatic heterocycles.